The van der Waals surface area contributed by atoms with Gasteiger partial charge < -0.3 is 4.74 Å². The first-order valence-corrected chi connectivity index (χ1v) is 4.49. The van der Waals surface area contributed by atoms with E-state index in [1.54, 1.807) is 0 Å². The molecule has 1 saturated heterocycles. The van der Waals surface area contributed by atoms with Crippen LogP contribution < -0.4 is 0 Å². The standard InChI is InChI=1S/C9H10O3/c10-8-4-1-2-5(8)7-6(4)3-12-9(7)11/h4-7H,1-3H2/t4-,5+,6+,7-/m1/s1. The van der Waals surface area contributed by atoms with Crippen molar-refractivity contribution < 1.29 is 14.3 Å². The molecule has 0 aromatic heterocycles. The molecule has 2 bridgehead atoms. The van der Waals surface area contributed by atoms with Crippen molar-refractivity contribution >= 4 is 11.8 Å². The highest BCUT2D eigenvalue weighted by atomic mass is 16.5. The van der Waals surface area contributed by atoms with Gasteiger partial charge in [0.1, 0.15) is 5.78 Å². The largest absolute Gasteiger partial charge is 0.465 e. The molecule has 4 atom stereocenters. The van der Waals surface area contributed by atoms with Gasteiger partial charge in [0.2, 0.25) is 0 Å². The van der Waals surface area contributed by atoms with E-state index in [1.807, 2.05) is 0 Å². The minimum absolute atomic E-state index is 0.0231. The zero-order valence-electron chi connectivity index (χ0n) is 6.66. The summed E-state index contributed by atoms with van der Waals surface area (Å²) >= 11 is 0. The van der Waals surface area contributed by atoms with Gasteiger partial charge in [0, 0.05) is 17.8 Å². The Morgan fingerprint density at radius 2 is 1.92 bits per heavy atom. The second-order valence-corrected chi connectivity index (χ2v) is 4.01. The molecule has 0 unspecified atom stereocenters. The minimum atomic E-state index is -0.124. The van der Waals surface area contributed by atoms with Crippen molar-refractivity contribution in [2.45, 2.75) is 12.8 Å². The SMILES string of the molecule is O=C1OC[C@@H]2[C@H]1[C@@H]1CC[C@H]2C1=O. The van der Waals surface area contributed by atoms with Crippen molar-refractivity contribution in [2.75, 3.05) is 6.61 Å². The van der Waals surface area contributed by atoms with Crippen LogP contribution in [-0.4, -0.2) is 18.4 Å². The zero-order valence-corrected chi connectivity index (χ0v) is 6.66. The van der Waals surface area contributed by atoms with Gasteiger partial charge in [-0.05, 0) is 12.8 Å². The smallest absolute Gasteiger partial charge is 0.310 e. The van der Waals surface area contributed by atoms with E-state index in [1.165, 1.54) is 0 Å². The normalized spacial score (nSPS) is 49.7. The summed E-state index contributed by atoms with van der Waals surface area (Å²) < 4.78 is 4.96. The summed E-state index contributed by atoms with van der Waals surface area (Å²) in [5, 5.41) is 0. The number of esters is 1. The topological polar surface area (TPSA) is 43.4 Å². The lowest BCUT2D eigenvalue weighted by Crippen LogP contribution is -2.22. The number of fused-ring (bicyclic) bond motifs is 5. The summed E-state index contributed by atoms with van der Waals surface area (Å²) in [6.45, 7) is 0.496. The number of hydrogen-bond donors (Lipinski definition) is 0. The average Bonchev–Trinajstić information content (AvgIpc) is 2.66. The molecule has 3 heteroatoms. The molecule has 0 amide bonds. The molecule has 1 aliphatic heterocycles. The van der Waals surface area contributed by atoms with Gasteiger partial charge in [-0.2, -0.15) is 0 Å². The van der Waals surface area contributed by atoms with Crippen LogP contribution >= 0.6 is 0 Å². The predicted molar refractivity (Wildman–Crippen MR) is 39.2 cm³/mol. The number of cyclic esters (lactones) is 1. The Balaban J connectivity index is 2.03. The number of hydrogen-bond acceptors (Lipinski definition) is 3. The third-order valence-corrected chi connectivity index (χ3v) is 3.62. The van der Waals surface area contributed by atoms with Crippen molar-refractivity contribution in [3.05, 3.63) is 0 Å². The number of Topliss-reactive ketones (excluding diaryl/α,β-unsaturated/α-hetero) is 1. The second-order valence-electron chi connectivity index (χ2n) is 4.01. The molecule has 3 fully saturated rings. The van der Waals surface area contributed by atoms with Crippen molar-refractivity contribution in [3.8, 4) is 0 Å². The third kappa shape index (κ3) is 0.551. The number of carbonyl (C=O) groups is 2. The van der Waals surface area contributed by atoms with Crippen molar-refractivity contribution in [3.63, 3.8) is 0 Å². The summed E-state index contributed by atoms with van der Waals surface area (Å²) in [7, 11) is 0. The van der Waals surface area contributed by atoms with E-state index in [0.717, 1.165) is 12.8 Å². The Morgan fingerprint density at radius 3 is 2.67 bits per heavy atom. The quantitative estimate of drug-likeness (QED) is 0.489. The molecule has 0 spiro atoms. The maximum atomic E-state index is 11.5. The first kappa shape index (κ1) is 6.63. The Kier molecular flexibility index (Phi) is 1.05. The van der Waals surface area contributed by atoms with E-state index in [-0.39, 0.29) is 29.6 Å². The van der Waals surface area contributed by atoms with Crippen LogP contribution in [0.1, 0.15) is 12.8 Å². The highest BCUT2D eigenvalue weighted by Crippen LogP contribution is 2.52. The molecular formula is C9H10O3. The Bertz CT molecular complexity index is 271. The van der Waals surface area contributed by atoms with Crippen LogP contribution in [0.4, 0.5) is 0 Å². The summed E-state index contributed by atoms with van der Waals surface area (Å²) in [5.74, 6) is 0.573. The maximum Gasteiger partial charge on any atom is 0.310 e. The molecule has 0 radical (unpaired) electrons. The Labute approximate surface area is 70.1 Å². The first-order valence-electron chi connectivity index (χ1n) is 4.49. The summed E-state index contributed by atoms with van der Waals surface area (Å²) in [6, 6.07) is 0. The van der Waals surface area contributed by atoms with Crippen LogP contribution in [0.3, 0.4) is 0 Å². The van der Waals surface area contributed by atoms with E-state index in [2.05, 4.69) is 0 Å². The van der Waals surface area contributed by atoms with E-state index in [0.29, 0.717) is 12.4 Å². The molecule has 3 nitrogen and oxygen atoms in total. The van der Waals surface area contributed by atoms with Crippen molar-refractivity contribution in [1.29, 1.82) is 0 Å². The summed E-state index contributed by atoms with van der Waals surface area (Å²) in [4.78, 5) is 22.7. The number of rotatable bonds is 0. The monoisotopic (exact) mass is 166 g/mol. The van der Waals surface area contributed by atoms with Gasteiger partial charge in [0.15, 0.2) is 0 Å². The van der Waals surface area contributed by atoms with E-state index < -0.39 is 0 Å². The molecule has 0 aromatic rings. The zero-order chi connectivity index (χ0) is 8.29. The number of ketones is 1. The van der Waals surface area contributed by atoms with E-state index in [4.69, 9.17) is 4.74 Å². The molecule has 0 N–H and O–H groups in total. The molecule has 64 valence electrons. The highest BCUT2D eigenvalue weighted by molar-refractivity contribution is 5.95. The molecule has 1 heterocycles. The van der Waals surface area contributed by atoms with E-state index >= 15 is 0 Å². The van der Waals surface area contributed by atoms with Crippen molar-refractivity contribution in [1.82, 2.24) is 0 Å². The van der Waals surface area contributed by atoms with Gasteiger partial charge in [-0.15, -0.1) is 0 Å². The average molecular weight is 166 g/mol. The molecule has 3 aliphatic rings. The molecule has 12 heavy (non-hydrogen) atoms. The van der Waals surface area contributed by atoms with Gasteiger partial charge in [-0.25, -0.2) is 0 Å². The van der Waals surface area contributed by atoms with Crippen molar-refractivity contribution in [2.24, 2.45) is 23.7 Å². The summed E-state index contributed by atoms with van der Waals surface area (Å²) in [6.07, 6.45) is 1.90. The van der Waals surface area contributed by atoms with Crippen LogP contribution in [0.2, 0.25) is 0 Å². The lowest BCUT2D eigenvalue weighted by molar-refractivity contribution is -0.144. The second kappa shape index (κ2) is 1.90. The van der Waals surface area contributed by atoms with Crippen LogP contribution in [0, 0.1) is 23.7 Å². The first-order chi connectivity index (χ1) is 5.79. The maximum absolute atomic E-state index is 11.5. The minimum Gasteiger partial charge on any atom is -0.465 e. The lowest BCUT2D eigenvalue weighted by atomic mass is 9.81. The third-order valence-electron chi connectivity index (χ3n) is 3.62. The highest BCUT2D eigenvalue weighted by Gasteiger charge is 2.60. The molecule has 3 rings (SSSR count). The number of carbonyl (C=O) groups excluding carboxylic acids is 2. The summed E-state index contributed by atoms with van der Waals surface area (Å²) in [5.41, 5.74) is 0. The van der Waals surface area contributed by atoms with Gasteiger partial charge in [-0.1, -0.05) is 0 Å². The predicted octanol–water partition coefficient (Wildman–Crippen LogP) is 0.385. The fourth-order valence-electron chi connectivity index (χ4n) is 3.08. The fourth-order valence-corrected chi connectivity index (χ4v) is 3.08. The Morgan fingerprint density at radius 1 is 1.17 bits per heavy atom. The Hall–Kier alpha value is -0.860. The van der Waals surface area contributed by atoms with Crippen LogP contribution in [-0.2, 0) is 14.3 Å². The molecule has 0 aromatic carbocycles. The fraction of sp³-hybridized carbons (Fsp3) is 0.778. The van der Waals surface area contributed by atoms with Crippen LogP contribution in [0.15, 0.2) is 0 Å². The number of ether oxygens (including phenoxy) is 1. The van der Waals surface area contributed by atoms with Gasteiger partial charge >= 0.3 is 5.97 Å². The molecule has 2 saturated carbocycles. The lowest BCUT2D eigenvalue weighted by Gasteiger charge is -2.17. The van der Waals surface area contributed by atoms with Crippen LogP contribution in [0.5, 0.6) is 0 Å². The molecular weight excluding hydrogens is 156 g/mol. The van der Waals surface area contributed by atoms with E-state index in [9.17, 15) is 9.59 Å². The van der Waals surface area contributed by atoms with Gasteiger partial charge in [0.25, 0.3) is 0 Å². The molecule has 2 aliphatic carbocycles. The van der Waals surface area contributed by atoms with Crippen LogP contribution in [0.25, 0.3) is 0 Å². The van der Waals surface area contributed by atoms with Gasteiger partial charge in [-0.3, -0.25) is 9.59 Å². The van der Waals surface area contributed by atoms with Gasteiger partial charge in [0.05, 0.1) is 12.5 Å².